The van der Waals surface area contributed by atoms with Gasteiger partial charge in [-0.15, -0.1) is 0 Å². The second-order valence-corrected chi connectivity index (χ2v) is 15.4. The molecule has 0 aromatic carbocycles. The summed E-state index contributed by atoms with van der Waals surface area (Å²) in [6.45, 7) is 3.97. The van der Waals surface area contributed by atoms with E-state index in [0.717, 1.165) is 44.8 Å². The summed E-state index contributed by atoms with van der Waals surface area (Å²) in [6, 6.07) is -0.514. The van der Waals surface area contributed by atoms with Crippen molar-refractivity contribution in [3.63, 3.8) is 0 Å². The van der Waals surface area contributed by atoms with Crippen LogP contribution in [0.1, 0.15) is 148 Å². The number of nitrogens with two attached hydrogens (primary N) is 1. The first-order valence-electron chi connectivity index (χ1n) is 23.3. The minimum Gasteiger partial charge on any atom is -0.481 e. The van der Waals surface area contributed by atoms with Gasteiger partial charge in [0.1, 0.15) is 6.29 Å². The van der Waals surface area contributed by atoms with E-state index < -0.39 is 12.0 Å². The first kappa shape index (κ1) is 59.2. The predicted octanol–water partition coefficient (Wildman–Crippen LogP) is 3.15. The van der Waals surface area contributed by atoms with Gasteiger partial charge < -0.3 is 60.3 Å². The highest BCUT2D eigenvalue weighted by Gasteiger charge is 2.11. The van der Waals surface area contributed by atoms with E-state index in [4.69, 9.17) is 30.0 Å². The number of hydrogen-bond acceptors (Lipinski definition) is 13. The summed E-state index contributed by atoms with van der Waals surface area (Å²) >= 11 is 0. The Bertz CT molecular complexity index is 1180. The molecule has 0 aliphatic carbocycles. The molecular weight excluding hydrogens is 821 g/mol. The highest BCUT2D eigenvalue weighted by atomic mass is 16.6. The Morgan fingerprint density at radius 1 is 0.413 bits per heavy atom. The Labute approximate surface area is 375 Å². The summed E-state index contributed by atoms with van der Waals surface area (Å²) in [7, 11) is 0. The van der Waals surface area contributed by atoms with E-state index in [2.05, 4.69) is 31.4 Å². The van der Waals surface area contributed by atoms with Gasteiger partial charge in [0.25, 0.3) is 0 Å². The third-order valence-corrected chi connectivity index (χ3v) is 9.77. The molecule has 0 unspecified atom stereocenters. The van der Waals surface area contributed by atoms with Crippen LogP contribution in [0.25, 0.3) is 0 Å². The molecule has 0 radical (unpaired) electrons. The molecule has 366 valence electrons. The van der Waals surface area contributed by atoms with Crippen molar-refractivity contribution < 1.29 is 62.5 Å². The average Bonchev–Trinajstić information content (AvgIpc) is 3.26. The van der Waals surface area contributed by atoms with Crippen LogP contribution in [0.5, 0.6) is 0 Å². The van der Waals surface area contributed by atoms with Crippen molar-refractivity contribution in [2.24, 2.45) is 5.90 Å². The van der Waals surface area contributed by atoms with E-state index in [0.29, 0.717) is 85.0 Å². The lowest BCUT2D eigenvalue weighted by molar-refractivity contribution is -0.137. The van der Waals surface area contributed by atoms with Gasteiger partial charge in [-0.05, 0) is 32.1 Å². The Kier molecular flexibility index (Phi) is 43.5. The third kappa shape index (κ3) is 46.1. The molecule has 0 aliphatic rings. The van der Waals surface area contributed by atoms with Crippen LogP contribution < -0.4 is 32.5 Å². The molecule has 63 heavy (non-hydrogen) atoms. The minimum absolute atomic E-state index is 0.0676. The normalized spacial score (nSPS) is 11.4. The summed E-state index contributed by atoms with van der Waals surface area (Å²) in [5, 5.41) is 22.3. The van der Waals surface area contributed by atoms with Crippen LogP contribution in [-0.4, -0.2) is 139 Å². The number of unbranched alkanes of at least 4 members (excludes halogenated alkanes) is 14. The monoisotopic (exact) mass is 903 g/mol. The number of nitrogens with one attached hydrogen (secondary N) is 5. The largest absolute Gasteiger partial charge is 0.481 e. The van der Waals surface area contributed by atoms with Gasteiger partial charge >= 0.3 is 5.97 Å². The molecule has 0 aromatic heterocycles. The van der Waals surface area contributed by atoms with Crippen molar-refractivity contribution in [2.45, 2.75) is 154 Å². The Morgan fingerprint density at radius 3 is 1.22 bits per heavy atom. The lowest BCUT2D eigenvalue weighted by Crippen LogP contribution is -2.36. The summed E-state index contributed by atoms with van der Waals surface area (Å²) < 4.78 is 21.7. The Balaban J connectivity index is 3.51. The number of rotatable bonds is 48. The fraction of sp³-hybridized carbons (Fsp3) is 0.841. The van der Waals surface area contributed by atoms with Gasteiger partial charge in [-0.2, -0.15) is 0 Å². The third-order valence-electron chi connectivity index (χ3n) is 9.77. The van der Waals surface area contributed by atoms with E-state index >= 15 is 0 Å². The lowest BCUT2D eigenvalue weighted by atomic mass is 10.0. The van der Waals surface area contributed by atoms with Crippen molar-refractivity contribution in [3.8, 4) is 0 Å². The fourth-order valence-electron chi connectivity index (χ4n) is 6.18. The molecule has 5 amide bonds. The van der Waals surface area contributed by atoms with E-state index in [9.17, 15) is 33.6 Å². The van der Waals surface area contributed by atoms with Crippen molar-refractivity contribution in [1.82, 2.24) is 26.6 Å². The Hall–Kier alpha value is -3.75. The van der Waals surface area contributed by atoms with Gasteiger partial charge in [-0.25, -0.2) is 5.90 Å². The molecule has 0 bridgehead atoms. The zero-order valence-electron chi connectivity index (χ0n) is 38.0. The maximum absolute atomic E-state index is 12.3. The zero-order valence-corrected chi connectivity index (χ0v) is 38.0. The van der Waals surface area contributed by atoms with Gasteiger partial charge in [0.2, 0.25) is 29.5 Å². The fourth-order valence-corrected chi connectivity index (χ4v) is 6.18. The van der Waals surface area contributed by atoms with E-state index in [1.807, 2.05) is 0 Å². The molecule has 0 aliphatic heterocycles. The molecule has 0 spiro atoms. The highest BCUT2D eigenvalue weighted by molar-refractivity contribution is 5.83. The minimum atomic E-state index is -0.703. The molecular formula is C44H82N6O13. The first-order chi connectivity index (χ1) is 30.7. The topological polar surface area (TPSA) is 272 Å². The van der Waals surface area contributed by atoms with Crippen molar-refractivity contribution >= 4 is 41.8 Å². The van der Waals surface area contributed by atoms with E-state index in [-0.39, 0.29) is 88.0 Å². The number of amides is 5. The van der Waals surface area contributed by atoms with Crippen LogP contribution in [0.15, 0.2) is 0 Å². The number of carbonyl (C=O) groups is 7. The summed E-state index contributed by atoms with van der Waals surface area (Å²) in [5.41, 5.74) is 0. The first-order valence-corrected chi connectivity index (χ1v) is 23.3. The molecule has 0 fully saturated rings. The van der Waals surface area contributed by atoms with Crippen molar-refractivity contribution in [1.29, 1.82) is 0 Å². The smallest absolute Gasteiger partial charge is 0.303 e. The Morgan fingerprint density at radius 2 is 0.794 bits per heavy atom. The van der Waals surface area contributed by atoms with Gasteiger partial charge in [-0.1, -0.05) is 77.0 Å². The number of aldehydes is 1. The van der Waals surface area contributed by atoms with E-state index in [1.165, 1.54) is 51.4 Å². The number of carboxylic acids is 1. The summed E-state index contributed by atoms with van der Waals surface area (Å²) in [5.74, 6) is 3.27. The number of ether oxygens (including phenoxy) is 4. The number of carboxylic acid groups (broad SMARTS) is 1. The van der Waals surface area contributed by atoms with Gasteiger partial charge in [0.15, 0.2) is 0 Å². The molecule has 0 heterocycles. The second-order valence-electron chi connectivity index (χ2n) is 15.4. The maximum Gasteiger partial charge on any atom is 0.303 e. The molecule has 0 rings (SSSR count). The number of aliphatic carboxylic acids is 1. The van der Waals surface area contributed by atoms with Gasteiger partial charge in [0, 0.05) is 64.7 Å². The van der Waals surface area contributed by atoms with Crippen LogP contribution in [0.4, 0.5) is 0 Å². The quantitative estimate of drug-likeness (QED) is 0.0263. The van der Waals surface area contributed by atoms with Gasteiger partial charge in [0.05, 0.1) is 65.5 Å². The maximum atomic E-state index is 12.3. The average molecular weight is 903 g/mol. The lowest BCUT2D eigenvalue weighted by Gasteiger charge is -2.13. The standard InChI is InChI=1S/C44H82N6O13/c45-63-32-27-49-40(53)21-20-39(52)47-25-30-61-35-34-60-29-23-42(55)48-26-31-62-36-33-59-28-22-41(54)46-24-16-15-17-38(37-51)50-43(56)18-13-11-9-7-5-3-1-2-4-6-8-10-12-14-19-44(57)58/h37-38H,1-36,45H2,(H,46,54)(H,47,52)(H,48,55)(H,49,53)(H,50,56)(H,57,58)/t38-/m0/s1. The number of hydrogen-bond donors (Lipinski definition) is 7. The molecule has 19 nitrogen and oxygen atoms in total. The van der Waals surface area contributed by atoms with Crippen molar-refractivity contribution in [2.75, 3.05) is 85.6 Å². The highest BCUT2D eigenvalue weighted by Crippen LogP contribution is 2.14. The second kappa shape index (κ2) is 46.2. The molecule has 8 N–H and O–H groups in total. The predicted molar refractivity (Wildman–Crippen MR) is 237 cm³/mol. The van der Waals surface area contributed by atoms with Crippen LogP contribution in [0.2, 0.25) is 0 Å². The SMILES string of the molecule is NOCCNC(=O)CCC(=O)NCCOCCOCCC(=O)NCCOCCOCCC(=O)NCCCC[C@@H](C=O)NC(=O)CCCCCCCCCCCCCCCCC(=O)O. The van der Waals surface area contributed by atoms with Crippen LogP contribution in [0.3, 0.4) is 0 Å². The van der Waals surface area contributed by atoms with Crippen LogP contribution in [0, 0.1) is 0 Å². The van der Waals surface area contributed by atoms with Crippen molar-refractivity contribution in [3.05, 3.63) is 0 Å². The number of carbonyl (C=O) groups excluding carboxylic acids is 6. The van der Waals surface area contributed by atoms with Crippen LogP contribution >= 0.6 is 0 Å². The van der Waals surface area contributed by atoms with Crippen LogP contribution in [-0.2, 0) is 57.3 Å². The zero-order chi connectivity index (χ0) is 46.3. The summed E-state index contributed by atoms with van der Waals surface area (Å²) in [6.07, 6.45) is 19.7. The molecule has 0 saturated heterocycles. The molecule has 0 saturated carbocycles. The molecule has 1 atom stereocenters. The summed E-state index contributed by atoms with van der Waals surface area (Å²) in [4.78, 5) is 86.0. The molecule has 0 aromatic rings. The van der Waals surface area contributed by atoms with E-state index in [1.54, 1.807) is 0 Å². The van der Waals surface area contributed by atoms with Gasteiger partial charge in [-0.3, -0.25) is 28.8 Å². The molecule has 19 heteroatoms.